The molecule has 4 rings (SSSR count). The molecule has 1 saturated heterocycles. The van der Waals surface area contributed by atoms with E-state index in [9.17, 15) is 18.0 Å². The van der Waals surface area contributed by atoms with Crippen LogP contribution in [0, 0.1) is 5.92 Å². The number of rotatable bonds is 3. The predicted octanol–water partition coefficient (Wildman–Crippen LogP) is 2.71. The molecule has 2 amide bonds. The summed E-state index contributed by atoms with van der Waals surface area (Å²) in [6.45, 7) is 3.01. The molecule has 0 aromatic heterocycles. The summed E-state index contributed by atoms with van der Waals surface area (Å²) in [5.41, 5.74) is 1.53. The van der Waals surface area contributed by atoms with Gasteiger partial charge in [0, 0.05) is 18.7 Å². The van der Waals surface area contributed by atoms with E-state index in [0.29, 0.717) is 35.9 Å². The first-order chi connectivity index (χ1) is 13.9. The molecule has 1 N–H and O–H groups in total. The molecule has 7 nitrogen and oxygen atoms in total. The number of fused-ring (bicyclic) bond motifs is 1. The van der Waals surface area contributed by atoms with Crippen molar-refractivity contribution in [3.63, 3.8) is 0 Å². The third-order valence-electron chi connectivity index (χ3n) is 5.37. The van der Waals surface area contributed by atoms with Gasteiger partial charge in [0.1, 0.15) is 6.54 Å². The molecule has 0 bridgehead atoms. The first-order valence-electron chi connectivity index (χ1n) is 9.67. The Morgan fingerprint density at radius 3 is 2.55 bits per heavy atom. The summed E-state index contributed by atoms with van der Waals surface area (Å²) in [4.78, 5) is 26.6. The maximum absolute atomic E-state index is 13.0. The Kier molecular flexibility index (Phi) is 5.14. The van der Waals surface area contributed by atoms with E-state index in [1.54, 1.807) is 24.3 Å². The summed E-state index contributed by atoms with van der Waals surface area (Å²) < 4.78 is 27.3. The predicted molar refractivity (Wildman–Crippen MR) is 110 cm³/mol. The summed E-state index contributed by atoms with van der Waals surface area (Å²) in [5.74, 6) is -0.275. The lowest BCUT2D eigenvalue weighted by Gasteiger charge is -2.30. The maximum Gasteiger partial charge on any atom is 0.258 e. The van der Waals surface area contributed by atoms with Gasteiger partial charge in [-0.25, -0.2) is 8.42 Å². The third kappa shape index (κ3) is 3.77. The van der Waals surface area contributed by atoms with Crippen molar-refractivity contribution in [2.75, 3.05) is 29.9 Å². The van der Waals surface area contributed by atoms with Crippen LogP contribution >= 0.6 is 0 Å². The average Bonchev–Trinajstić information content (AvgIpc) is 2.72. The number of piperidine rings is 1. The number of carbonyl (C=O) groups excluding carboxylic acids is 2. The number of nitrogens with one attached hydrogen (secondary N) is 1. The number of carbonyl (C=O) groups is 2. The minimum atomic E-state index is -3.58. The van der Waals surface area contributed by atoms with Crippen molar-refractivity contribution in [3.8, 4) is 0 Å². The van der Waals surface area contributed by atoms with Crippen molar-refractivity contribution in [1.29, 1.82) is 0 Å². The molecule has 0 saturated carbocycles. The van der Waals surface area contributed by atoms with Gasteiger partial charge in [0.05, 0.1) is 16.3 Å². The minimum Gasteiger partial charge on any atom is -0.323 e. The Bertz CT molecular complexity index is 1050. The van der Waals surface area contributed by atoms with Gasteiger partial charge in [0.2, 0.25) is 15.9 Å². The van der Waals surface area contributed by atoms with Gasteiger partial charge >= 0.3 is 0 Å². The van der Waals surface area contributed by atoms with Crippen LogP contribution in [0.15, 0.2) is 53.4 Å². The van der Waals surface area contributed by atoms with Crippen LogP contribution in [0.2, 0.25) is 0 Å². The Hall–Kier alpha value is -2.71. The van der Waals surface area contributed by atoms with E-state index in [1.807, 2.05) is 0 Å². The molecule has 8 heteroatoms. The number of hydrogen-bond donors (Lipinski definition) is 1. The summed E-state index contributed by atoms with van der Waals surface area (Å²) in [7, 11) is -3.58. The molecular formula is C21H23N3O4S. The van der Waals surface area contributed by atoms with Crippen LogP contribution < -0.4 is 10.2 Å². The largest absolute Gasteiger partial charge is 0.323 e. The first kappa shape index (κ1) is 19.6. The molecule has 152 valence electrons. The van der Waals surface area contributed by atoms with Crippen molar-refractivity contribution in [1.82, 2.24) is 4.31 Å². The molecule has 2 aliphatic rings. The van der Waals surface area contributed by atoms with Gasteiger partial charge < -0.3 is 5.32 Å². The zero-order valence-corrected chi connectivity index (χ0v) is 17.0. The fourth-order valence-corrected chi connectivity index (χ4v) is 5.45. The van der Waals surface area contributed by atoms with Crippen LogP contribution in [0.5, 0.6) is 0 Å². The van der Waals surface area contributed by atoms with Gasteiger partial charge in [-0.15, -0.1) is 0 Å². The van der Waals surface area contributed by atoms with Crippen molar-refractivity contribution in [2.24, 2.45) is 5.92 Å². The summed E-state index contributed by atoms with van der Waals surface area (Å²) >= 11 is 0. The van der Waals surface area contributed by atoms with Crippen molar-refractivity contribution in [2.45, 2.75) is 24.7 Å². The lowest BCUT2D eigenvalue weighted by molar-refractivity contribution is -0.115. The molecule has 2 aliphatic heterocycles. The molecule has 1 atom stereocenters. The number of amides is 2. The first-order valence-corrected chi connectivity index (χ1v) is 11.1. The smallest absolute Gasteiger partial charge is 0.258 e. The van der Waals surface area contributed by atoms with Gasteiger partial charge in [-0.1, -0.05) is 19.1 Å². The molecule has 1 fully saturated rings. The second-order valence-electron chi connectivity index (χ2n) is 7.59. The van der Waals surface area contributed by atoms with Gasteiger partial charge in [-0.2, -0.15) is 4.31 Å². The highest BCUT2D eigenvalue weighted by Gasteiger charge is 2.30. The van der Waals surface area contributed by atoms with Crippen molar-refractivity contribution in [3.05, 3.63) is 54.1 Å². The van der Waals surface area contributed by atoms with Crippen LogP contribution in [0.25, 0.3) is 0 Å². The second kappa shape index (κ2) is 7.61. The third-order valence-corrected chi connectivity index (χ3v) is 7.25. The topological polar surface area (TPSA) is 86.8 Å². The highest BCUT2D eigenvalue weighted by molar-refractivity contribution is 7.89. The molecule has 2 aromatic rings. The van der Waals surface area contributed by atoms with Crippen LogP contribution in [0.4, 0.5) is 11.4 Å². The van der Waals surface area contributed by atoms with Crippen LogP contribution in [0.1, 0.15) is 30.1 Å². The quantitative estimate of drug-likeness (QED) is 0.838. The lowest BCUT2D eigenvalue weighted by atomic mass is 10.0. The normalized spacial score (nSPS) is 20.1. The second-order valence-corrected chi connectivity index (χ2v) is 9.53. The molecule has 1 unspecified atom stereocenters. The van der Waals surface area contributed by atoms with Gasteiger partial charge in [-0.05, 0) is 55.2 Å². The number of para-hydroxylation sites is 2. The molecule has 2 heterocycles. The van der Waals surface area contributed by atoms with E-state index in [2.05, 4.69) is 12.2 Å². The van der Waals surface area contributed by atoms with Crippen molar-refractivity contribution < 1.29 is 18.0 Å². The van der Waals surface area contributed by atoms with E-state index in [1.165, 1.54) is 33.5 Å². The summed E-state index contributed by atoms with van der Waals surface area (Å²) in [6.07, 6.45) is 1.89. The van der Waals surface area contributed by atoms with Crippen LogP contribution in [-0.4, -0.2) is 44.2 Å². The molecule has 29 heavy (non-hydrogen) atoms. The highest BCUT2D eigenvalue weighted by atomic mass is 32.2. The lowest BCUT2D eigenvalue weighted by Crippen LogP contribution is -2.42. The van der Waals surface area contributed by atoms with E-state index in [0.717, 1.165) is 12.8 Å². The van der Waals surface area contributed by atoms with Gasteiger partial charge in [0.25, 0.3) is 5.91 Å². The highest BCUT2D eigenvalue weighted by Crippen LogP contribution is 2.30. The Labute approximate surface area is 170 Å². The van der Waals surface area contributed by atoms with Crippen LogP contribution in [0.3, 0.4) is 0 Å². The minimum absolute atomic E-state index is 0.0818. The van der Waals surface area contributed by atoms with Gasteiger partial charge in [0.15, 0.2) is 0 Å². The molecule has 2 aromatic carbocycles. The van der Waals surface area contributed by atoms with E-state index in [-0.39, 0.29) is 23.3 Å². The van der Waals surface area contributed by atoms with E-state index >= 15 is 0 Å². The Morgan fingerprint density at radius 2 is 1.83 bits per heavy atom. The fourth-order valence-electron chi connectivity index (χ4n) is 3.85. The summed E-state index contributed by atoms with van der Waals surface area (Å²) in [6, 6.07) is 13.1. The van der Waals surface area contributed by atoms with Crippen LogP contribution in [-0.2, 0) is 14.8 Å². The summed E-state index contributed by atoms with van der Waals surface area (Å²) in [5, 5.41) is 2.75. The number of nitrogens with zero attached hydrogens (tertiary/aromatic N) is 2. The number of hydrogen-bond acceptors (Lipinski definition) is 4. The molecular weight excluding hydrogens is 390 g/mol. The number of benzene rings is 2. The SMILES string of the molecule is CC1CCCN(S(=O)(=O)c2ccc(C(=O)N3CC(=O)Nc4ccccc43)cc2)C1. The van der Waals surface area contributed by atoms with E-state index in [4.69, 9.17) is 0 Å². The van der Waals surface area contributed by atoms with E-state index < -0.39 is 10.0 Å². The standard InChI is InChI=1S/C21H23N3O4S/c1-15-5-4-12-23(13-15)29(27,28)17-10-8-16(9-11-17)21(26)24-14-20(25)22-18-6-2-3-7-19(18)24/h2-3,6-11,15H,4-5,12-14H2,1H3,(H,22,25). The van der Waals surface area contributed by atoms with Crippen molar-refractivity contribution >= 4 is 33.2 Å². The number of anilines is 2. The number of sulfonamides is 1. The Morgan fingerprint density at radius 1 is 1.10 bits per heavy atom. The zero-order chi connectivity index (χ0) is 20.6. The molecule has 0 radical (unpaired) electrons. The molecule has 0 aliphatic carbocycles. The monoisotopic (exact) mass is 413 g/mol. The zero-order valence-electron chi connectivity index (χ0n) is 16.2. The molecule has 0 spiro atoms. The maximum atomic E-state index is 13.0. The van der Waals surface area contributed by atoms with Gasteiger partial charge in [-0.3, -0.25) is 14.5 Å². The fraction of sp³-hybridized carbons (Fsp3) is 0.333. The Balaban J connectivity index is 1.58. The average molecular weight is 413 g/mol.